The normalized spacial score (nSPS) is 22.5. The molecule has 0 bridgehead atoms. The Kier molecular flexibility index (Phi) is 4.84. The number of alkyl halides is 4. The molecule has 18 heavy (non-hydrogen) atoms. The van der Waals surface area contributed by atoms with Crippen molar-refractivity contribution in [3.05, 3.63) is 0 Å². The predicted octanol–water partition coefficient (Wildman–Crippen LogP) is 2.12. The van der Waals surface area contributed by atoms with Crippen molar-refractivity contribution in [3.63, 3.8) is 0 Å². The number of hydrogen-bond donors (Lipinski definition) is 1. The number of piperidine rings is 1. The Balaban J connectivity index is 2.56. The maximum Gasteiger partial charge on any atom is 0.393 e. The molecule has 2 unspecified atom stereocenters. The summed E-state index contributed by atoms with van der Waals surface area (Å²) in [4.78, 5) is 23.7. The molecular weight excluding hydrogens is 273 g/mol. The average molecular weight is 287 g/mol. The first-order valence-electron chi connectivity index (χ1n) is 5.52. The molecule has 8 heteroatoms. The highest BCUT2D eigenvalue weighted by Gasteiger charge is 2.42. The Labute approximate surface area is 107 Å². The molecule has 3 amide bonds. The lowest BCUT2D eigenvalue weighted by Crippen LogP contribution is -2.50. The first-order valence-corrected chi connectivity index (χ1v) is 5.96. The minimum absolute atomic E-state index is 0.00708. The Morgan fingerprint density at radius 3 is 2.56 bits per heavy atom. The SMILES string of the molecule is CC(Cl)C(=O)NC(=O)N1CCCC(C(F)(F)F)C1. The summed E-state index contributed by atoms with van der Waals surface area (Å²) in [7, 11) is 0. The van der Waals surface area contributed by atoms with E-state index in [0.717, 1.165) is 4.90 Å². The summed E-state index contributed by atoms with van der Waals surface area (Å²) in [6.45, 7) is 1.17. The highest BCUT2D eigenvalue weighted by Crippen LogP contribution is 2.33. The largest absolute Gasteiger partial charge is 0.393 e. The molecule has 1 aliphatic rings. The molecule has 104 valence electrons. The third-order valence-corrected chi connectivity index (χ3v) is 2.96. The summed E-state index contributed by atoms with van der Waals surface area (Å²) in [5.41, 5.74) is 0. The van der Waals surface area contributed by atoms with Gasteiger partial charge in [-0.05, 0) is 19.8 Å². The molecule has 0 aromatic carbocycles. The number of rotatable bonds is 1. The van der Waals surface area contributed by atoms with Crippen LogP contribution in [0.25, 0.3) is 0 Å². The molecule has 4 nitrogen and oxygen atoms in total. The van der Waals surface area contributed by atoms with Gasteiger partial charge in [0.2, 0.25) is 5.91 Å². The number of carbonyl (C=O) groups is 2. The van der Waals surface area contributed by atoms with Crippen LogP contribution in [0.2, 0.25) is 0 Å². The van der Waals surface area contributed by atoms with E-state index < -0.39 is 36.0 Å². The van der Waals surface area contributed by atoms with Gasteiger partial charge in [0, 0.05) is 13.1 Å². The zero-order chi connectivity index (χ0) is 13.9. The van der Waals surface area contributed by atoms with Gasteiger partial charge in [0.15, 0.2) is 0 Å². The summed E-state index contributed by atoms with van der Waals surface area (Å²) >= 11 is 5.45. The summed E-state index contributed by atoms with van der Waals surface area (Å²) in [5, 5.41) is 1.06. The van der Waals surface area contributed by atoms with E-state index in [2.05, 4.69) is 0 Å². The van der Waals surface area contributed by atoms with Crippen LogP contribution < -0.4 is 5.32 Å². The van der Waals surface area contributed by atoms with Gasteiger partial charge in [0.05, 0.1) is 5.92 Å². The standard InChI is InChI=1S/C10H14ClF3N2O2/c1-6(11)8(17)15-9(18)16-4-2-3-7(5-16)10(12,13)14/h6-7H,2-5H2,1H3,(H,15,17,18). The number of imide groups is 1. The van der Waals surface area contributed by atoms with Crippen LogP contribution in [-0.2, 0) is 4.79 Å². The molecule has 0 spiro atoms. The van der Waals surface area contributed by atoms with Crippen LogP contribution in [0, 0.1) is 5.92 Å². The molecule has 1 rings (SSSR count). The monoisotopic (exact) mass is 286 g/mol. The number of carbonyl (C=O) groups excluding carboxylic acids is 2. The van der Waals surface area contributed by atoms with Crippen molar-refractivity contribution in [3.8, 4) is 0 Å². The van der Waals surface area contributed by atoms with E-state index in [-0.39, 0.29) is 19.4 Å². The van der Waals surface area contributed by atoms with Gasteiger partial charge >= 0.3 is 12.2 Å². The number of urea groups is 1. The van der Waals surface area contributed by atoms with E-state index in [9.17, 15) is 22.8 Å². The highest BCUT2D eigenvalue weighted by molar-refractivity contribution is 6.31. The fraction of sp³-hybridized carbons (Fsp3) is 0.800. The molecule has 1 N–H and O–H groups in total. The number of hydrogen-bond acceptors (Lipinski definition) is 2. The minimum atomic E-state index is -4.32. The van der Waals surface area contributed by atoms with Gasteiger partial charge in [-0.1, -0.05) is 0 Å². The lowest BCUT2D eigenvalue weighted by molar-refractivity contribution is -0.183. The zero-order valence-corrected chi connectivity index (χ0v) is 10.5. The quantitative estimate of drug-likeness (QED) is 0.751. The number of halogens is 4. The third kappa shape index (κ3) is 4.04. The number of nitrogens with zero attached hydrogens (tertiary/aromatic N) is 1. The Morgan fingerprint density at radius 2 is 2.06 bits per heavy atom. The lowest BCUT2D eigenvalue weighted by atomic mass is 9.98. The molecule has 1 saturated heterocycles. The lowest BCUT2D eigenvalue weighted by Gasteiger charge is -2.33. The van der Waals surface area contributed by atoms with Gasteiger partial charge in [-0.3, -0.25) is 10.1 Å². The van der Waals surface area contributed by atoms with E-state index >= 15 is 0 Å². The number of nitrogens with one attached hydrogen (secondary N) is 1. The molecule has 1 heterocycles. The van der Waals surface area contributed by atoms with Crippen LogP contribution in [-0.4, -0.2) is 41.5 Å². The Hall–Kier alpha value is -0.980. The molecule has 1 aliphatic heterocycles. The molecular formula is C10H14ClF3N2O2. The summed E-state index contributed by atoms with van der Waals surface area (Å²) < 4.78 is 37.6. The molecule has 1 fully saturated rings. The molecule has 0 aromatic heterocycles. The first kappa shape index (κ1) is 15.1. The van der Waals surface area contributed by atoms with E-state index in [1.54, 1.807) is 0 Å². The van der Waals surface area contributed by atoms with Gasteiger partial charge in [0.25, 0.3) is 0 Å². The Bertz CT molecular complexity index is 334. The van der Waals surface area contributed by atoms with E-state index in [4.69, 9.17) is 11.6 Å². The summed E-state index contributed by atoms with van der Waals surface area (Å²) in [5.74, 6) is -2.24. The fourth-order valence-corrected chi connectivity index (χ4v) is 1.77. The van der Waals surface area contributed by atoms with Crippen molar-refractivity contribution >= 4 is 23.5 Å². The average Bonchev–Trinajstić information content (AvgIpc) is 2.27. The topological polar surface area (TPSA) is 49.4 Å². The summed E-state index contributed by atoms with van der Waals surface area (Å²) in [6, 6.07) is -0.818. The van der Waals surface area contributed by atoms with Crippen LogP contribution in [0.15, 0.2) is 0 Å². The van der Waals surface area contributed by atoms with E-state index in [0.29, 0.717) is 0 Å². The third-order valence-electron chi connectivity index (χ3n) is 2.76. The van der Waals surface area contributed by atoms with Crippen molar-refractivity contribution in [1.82, 2.24) is 10.2 Å². The fourth-order valence-electron chi connectivity index (χ4n) is 1.71. The number of amides is 3. The van der Waals surface area contributed by atoms with Crippen molar-refractivity contribution in [2.24, 2.45) is 5.92 Å². The van der Waals surface area contributed by atoms with Gasteiger partial charge in [-0.2, -0.15) is 13.2 Å². The van der Waals surface area contributed by atoms with Crippen LogP contribution in [0.4, 0.5) is 18.0 Å². The smallest absolute Gasteiger partial charge is 0.324 e. The second-order valence-electron chi connectivity index (χ2n) is 4.24. The minimum Gasteiger partial charge on any atom is -0.324 e. The molecule has 0 radical (unpaired) electrons. The second-order valence-corrected chi connectivity index (χ2v) is 4.89. The van der Waals surface area contributed by atoms with Crippen molar-refractivity contribution in [2.45, 2.75) is 31.3 Å². The van der Waals surface area contributed by atoms with Gasteiger partial charge in [-0.25, -0.2) is 4.79 Å². The van der Waals surface area contributed by atoms with Gasteiger partial charge < -0.3 is 4.90 Å². The van der Waals surface area contributed by atoms with Gasteiger partial charge in [0.1, 0.15) is 5.38 Å². The predicted molar refractivity (Wildman–Crippen MR) is 59.2 cm³/mol. The van der Waals surface area contributed by atoms with Crippen LogP contribution >= 0.6 is 11.6 Å². The first-order chi connectivity index (χ1) is 8.21. The van der Waals surface area contributed by atoms with Crippen LogP contribution in [0.1, 0.15) is 19.8 Å². The maximum atomic E-state index is 12.5. The van der Waals surface area contributed by atoms with Gasteiger partial charge in [-0.15, -0.1) is 11.6 Å². The summed E-state index contributed by atoms with van der Waals surface area (Å²) in [6.07, 6.45) is -4.04. The second kappa shape index (κ2) is 5.77. The molecule has 0 aliphatic carbocycles. The molecule has 0 aromatic rings. The Morgan fingerprint density at radius 1 is 1.44 bits per heavy atom. The van der Waals surface area contributed by atoms with Crippen LogP contribution in [0.5, 0.6) is 0 Å². The van der Waals surface area contributed by atoms with E-state index in [1.807, 2.05) is 5.32 Å². The zero-order valence-electron chi connectivity index (χ0n) is 9.76. The highest BCUT2D eigenvalue weighted by atomic mass is 35.5. The molecule has 2 atom stereocenters. The van der Waals surface area contributed by atoms with Crippen molar-refractivity contribution in [1.29, 1.82) is 0 Å². The molecule has 0 saturated carbocycles. The van der Waals surface area contributed by atoms with Crippen molar-refractivity contribution < 1.29 is 22.8 Å². The van der Waals surface area contributed by atoms with Crippen molar-refractivity contribution in [2.75, 3.05) is 13.1 Å². The maximum absolute atomic E-state index is 12.5. The van der Waals surface area contributed by atoms with E-state index in [1.165, 1.54) is 6.92 Å². The number of likely N-dealkylation sites (tertiary alicyclic amines) is 1. The van der Waals surface area contributed by atoms with Crippen LogP contribution in [0.3, 0.4) is 0 Å².